The van der Waals surface area contributed by atoms with Gasteiger partial charge in [-0.3, -0.25) is 0 Å². The van der Waals surface area contributed by atoms with Crippen molar-refractivity contribution in [2.45, 2.75) is 26.0 Å². The van der Waals surface area contributed by atoms with Crippen molar-refractivity contribution < 1.29 is 42.2 Å². The minimum absolute atomic E-state index is 0. The summed E-state index contributed by atoms with van der Waals surface area (Å²) in [5, 5.41) is 0. The third-order valence-electron chi connectivity index (χ3n) is 2.29. The van der Waals surface area contributed by atoms with Crippen molar-refractivity contribution in [1.29, 1.82) is 0 Å². The van der Waals surface area contributed by atoms with E-state index in [-0.39, 0.29) is 32.7 Å². The summed E-state index contributed by atoms with van der Waals surface area (Å²) >= 11 is 0. The molecule has 77 valence electrons. The standard InChI is InChI=1S/C10H16NO2.Y/c1-9(4-3-6-12)11-5-7-13-10(2)8-11;/h3-4,9-10H,5,7-8H2,1-2H3;/q-1;/b4-3+;/t9?,10-;/m1./s1. The molecule has 0 spiro atoms. The topological polar surface area (TPSA) is 29.5 Å². The summed E-state index contributed by atoms with van der Waals surface area (Å²) < 4.78 is 5.42. The molecule has 0 aliphatic carbocycles. The van der Waals surface area contributed by atoms with Gasteiger partial charge in [0.05, 0.1) is 12.7 Å². The molecular weight excluding hydrogens is 255 g/mol. The molecule has 1 saturated heterocycles. The van der Waals surface area contributed by atoms with Gasteiger partial charge in [0.2, 0.25) is 0 Å². The van der Waals surface area contributed by atoms with Gasteiger partial charge < -0.3 is 14.4 Å². The second kappa shape index (κ2) is 7.69. The second-order valence-electron chi connectivity index (χ2n) is 3.39. The van der Waals surface area contributed by atoms with E-state index in [1.54, 1.807) is 6.29 Å². The van der Waals surface area contributed by atoms with E-state index in [1.165, 1.54) is 6.08 Å². The molecule has 1 fully saturated rings. The van der Waals surface area contributed by atoms with Crippen LogP contribution in [0, 0.1) is 0 Å². The summed E-state index contributed by atoms with van der Waals surface area (Å²) in [6.45, 7) is 6.80. The zero-order valence-electron chi connectivity index (χ0n) is 8.77. The van der Waals surface area contributed by atoms with Crippen LogP contribution in [0.4, 0.5) is 0 Å². The molecule has 2 atom stereocenters. The second-order valence-corrected chi connectivity index (χ2v) is 3.39. The molecule has 0 aromatic carbocycles. The van der Waals surface area contributed by atoms with Crippen molar-refractivity contribution in [3.63, 3.8) is 0 Å². The molecule has 0 bridgehead atoms. The summed E-state index contributed by atoms with van der Waals surface area (Å²) in [5.74, 6) is 0. The Bertz CT molecular complexity index is 197. The largest absolute Gasteiger partial charge is 0.419 e. The maximum atomic E-state index is 10.0. The van der Waals surface area contributed by atoms with Crippen LogP contribution in [0.25, 0.3) is 0 Å². The molecular formula is C10H16NO2Y-. The summed E-state index contributed by atoms with van der Waals surface area (Å²) in [5.41, 5.74) is 0. The average molecular weight is 271 g/mol. The van der Waals surface area contributed by atoms with Gasteiger partial charge in [0, 0.05) is 45.8 Å². The number of morpholine rings is 1. The molecule has 14 heavy (non-hydrogen) atoms. The Morgan fingerprint density at radius 3 is 2.93 bits per heavy atom. The molecule has 4 heteroatoms. The molecule has 0 N–H and O–H groups in total. The summed E-state index contributed by atoms with van der Waals surface area (Å²) in [6.07, 6.45) is 5.36. The van der Waals surface area contributed by atoms with Gasteiger partial charge in [0.15, 0.2) is 0 Å². The van der Waals surface area contributed by atoms with E-state index in [4.69, 9.17) is 4.74 Å². The zero-order chi connectivity index (χ0) is 9.68. The fourth-order valence-electron chi connectivity index (χ4n) is 1.52. The number of rotatable bonds is 3. The Hall–Kier alpha value is 0.434. The number of hydrogen-bond acceptors (Lipinski definition) is 3. The first-order chi connectivity index (χ1) is 6.24. The molecule has 0 aromatic heterocycles. The fraction of sp³-hybridized carbons (Fsp3) is 0.700. The Morgan fingerprint density at radius 1 is 1.64 bits per heavy atom. The van der Waals surface area contributed by atoms with Crippen molar-refractivity contribution in [3.8, 4) is 0 Å². The van der Waals surface area contributed by atoms with Crippen LogP contribution in [0.15, 0.2) is 12.2 Å². The quantitative estimate of drug-likeness (QED) is 0.560. The van der Waals surface area contributed by atoms with Gasteiger partial charge in [-0.1, -0.05) is 6.92 Å². The van der Waals surface area contributed by atoms with Crippen molar-refractivity contribution in [2.24, 2.45) is 0 Å². The first kappa shape index (κ1) is 14.4. The zero-order valence-corrected chi connectivity index (χ0v) is 11.6. The van der Waals surface area contributed by atoms with Crippen molar-refractivity contribution in [2.75, 3.05) is 19.7 Å². The third-order valence-corrected chi connectivity index (χ3v) is 2.29. The van der Waals surface area contributed by atoms with Gasteiger partial charge in [-0.25, -0.2) is 6.08 Å². The van der Waals surface area contributed by atoms with Crippen molar-refractivity contribution in [3.05, 3.63) is 12.2 Å². The average Bonchev–Trinajstić information content (AvgIpc) is 2.14. The van der Waals surface area contributed by atoms with E-state index in [9.17, 15) is 4.79 Å². The van der Waals surface area contributed by atoms with E-state index < -0.39 is 0 Å². The maximum absolute atomic E-state index is 10.0. The monoisotopic (exact) mass is 271 g/mol. The smallest absolute Gasteiger partial charge is 0.0674 e. The maximum Gasteiger partial charge on any atom is 0.0674 e. The summed E-state index contributed by atoms with van der Waals surface area (Å²) in [7, 11) is 0. The number of ether oxygens (including phenoxy) is 1. The van der Waals surface area contributed by atoms with Gasteiger partial charge in [-0.2, -0.15) is 6.08 Å². The van der Waals surface area contributed by atoms with Gasteiger partial charge in [0.1, 0.15) is 0 Å². The van der Waals surface area contributed by atoms with E-state index in [0.717, 1.165) is 19.7 Å². The van der Waals surface area contributed by atoms with Crippen molar-refractivity contribution in [1.82, 2.24) is 4.90 Å². The molecule has 1 aliphatic rings. The van der Waals surface area contributed by atoms with Gasteiger partial charge >= 0.3 is 0 Å². The predicted molar refractivity (Wildman–Crippen MR) is 51.3 cm³/mol. The molecule has 1 unspecified atom stereocenters. The molecule has 1 aliphatic heterocycles. The normalized spacial score (nSPS) is 25.7. The Labute approximate surface area is 111 Å². The first-order valence-electron chi connectivity index (χ1n) is 4.64. The van der Waals surface area contributed by atoms with Gasteiger partial charge in [-0.05, 0) is 19.3 Å². The van der Waals surface area contributed by atoms with E-state index in [0.29, 0.717) is 12.1 Å². The van der Waals surface area contributed by atoms with Crippen LogP contribution in [-0.2, 0) is 42.2 Å². The minimum Gasteiger partial charge on any atom is -0.419 e. The Balaban J connectivity index is 0.00000169. The fourth-order valence-corrected chi connectivity index (χ4v) is 1.52. The van der Waals surface area contributed by atoms with E-state index in [2.05, 4.69) is 18.7 Å². The van der Waals surface area contributed by atoms with Crippen LogP contribution in [0.3, 0.4) is 0 Å². The number of nitrogens with zero attached hydrogens (tertiary/aromatic N) is 1. The number of allylic oxidation sites excluding steroid dienone is 1. The third kappa shape index (κ3) is 4.78. The van der Waals surface area contributed by atoms with E-state index >= 15 is 0 Å². The summed E-state index contributed by atoms with van der Waals surface area (Å²) in [4.78, 5) is 12.3. The van der Waals surface area contributed by atoms with Crippen LogP contribution in [-0.4, -0.2) is 43.0 Å². The summed E-state index contributed by atoms with van der Waals surface area (Å²) in [6, 6.07) is 0.299. The Kier molecular flexibility index (Phi) is 7.93. The molecule has 1 rings (SSSR count). The van der Waals surface area contributed by atoms with Crippen LogP contribution < -0.4 is 0 Å². The SMILES string of the molecule is CC(/C=C/[C-]=O)N1CCO[C@H](C)C1.[Y]. The number of hydrogen-bond donors (Lipinski definition) is 0. The van der Waals surface area contributed by atoms with Crippen LogP contribution >= 0.6 is 0 Å². The molecule has 0 amide bonds. The first-order valence-corrected chi connectivity index (χ1v) is 4.64. The molecule has 1 radical (unpaired) electrons. The van der Waals surface area contributed by atoms with E-state index in [1.807, 2.05) is 6.08 Å². The Morgan fingerprint density at radius 2 is 2.36 bits per heavy atom. The molecule has 0 aromatic rings. The minimum atomic E-state index is 0. The van der Waals surface area contributed by atoms with Gasteiger partial charge in [-0.15, -0.1) is 0 Å². The predicted octanol–water partition coefficient (Wildman–Crippen LogP) is 0.759. The molecule has 0 saturated carbocycles. The van der Waals surface area contributed by atoms with Gasteiger partial charge in [0.25, 0.3) is 0 Å². The molecule has 3 nitrogen and oxygen atoms in total. The van der Waals surface area contributed by atoms with Crippen LogP contribution in [0.5, 0.6) is 0 Å². The number of carbonyl (C=O) groups excluding carboxylic acids is 1. The molecule has 1 heterocycles. The van der Waals surface area contributed by atoms with Crippen LogP contribution in [0.1, 0.15) is 13.8 Å². The van der Waals surface area contributed by atoms with Crippen LogP contribution in [0.2, 0.25) is 0 Å². The van der Waals surface area contributed by atoms with Crippen molar-refractivity contribution >= 4 is 6.29 Å².